The summed E-state index contributed by atoms with van der Waals surface area (Å²) in [4.78, 5) is 0. The summed E-state index contributed by atoms with van der Waals surface area (Å²) in [5, 5.41) is 0. The van der Waals surface area contributed by atoms with Crippen molar-refractivity contribution in [1.82, 2.24) is 0 Å². The molecule has 30 heavy (non-hydrogen) atoms. The van der Waals surface area contributed by atoms with Crippen LogP contribution in [-0.4, -0.2) is 5.92 Å². The molecule has 0 spiro atoms. The van der Waals surface area contributed by atoms with Crippen molar-refractivity contribution in [3.05, 3.63) is 45.6 Å². The summed E-state index contributed by atoms with van der Waals surface area (Å²) in [5.41, 5.74) is 9.99. The van der Waals surface area contributed by atoms with Gasteiger partial charge < -0.3 is 0 Å². The second kappa shape index (κ2) is 9.12. The number of hydrogen-bond acceptors (Lipinski definition) is 0. The summed E-state index contributed by atoms with van der Waals surface area (Å²) in [6, 6.07) is 0. The second-order valence-corrected chi connectivity index (χ2v) is 53.2. The molecule has 0 amide bonds. The molecular weight excluding hydrogens is 503 g/mol. The molecule has 0 nitrogen and oxygen atoms in total. The normalized spacial score (nSPS) is 28.3. The van der Waals surface area contributed by atoms with Crippen LogP contribution in [0.15, 0.2) is 45.6 Å². The Morgan fingerprint density at radius 1 is 0.767 bits per heavy atom. The molecule has 4 aliphatic rings. The van der Waals surface area contributed by atoms with Crippen LogP contribution in [0.4, 0.5) is 0 Å². The Morgan fingerprint density at radius 2 is 1.17 bits per heavy atom. The number of hydrogen-bond donors (Lipinski definition) is 0. The first kappa shape index (κ1) is 23.8. The van der Waals surface area contributed by atoms with E-state index in [9.17, 15) is 0 Å². The predicted octanol–water partition coefficient (Wildman–Crippen LogP) is 9.77. The van der Waals surface area contributed by atoms with E-state index >= 15 is 0 Å². The van der Waals surface area contributed by atoms with Crippen LogP contribution in [-0.2, 0) is 15.6 Å². The molecule has 0 bridgehead atoms. The van der Waals surface area contributed by atoms with Crippen molar-refractivity contribution in [2.75, 3.05) is 0 Å². The SMILES string of the molecule is CCCC1=CC2=C(CCCC2)[CH]1[Zr]([Cl])([Cl])([CH]1C(CCC)=CC2=C1CCCC2)[SiH](C)C. The molecule has 0 aliphatic heterocycles. The standard InChI is InChI=1S/2C12H17.C2H7Si.2ClH.Zr/c2*1-2-5-10-8-11-6-3-4-7-12(11)9-10;1-3-2;;;/h2*8-9H,2-7H2,1H3;3H,1-2H3;2*1H;/q;;;;;+2/p-2. The predicted molar refractivity (Wildman–Crippen MR) is 135 cm³/mol. The van der Waals surface area contributed by atoms with Crippen molar-refractivity contribution in [3.63, 3.8) is 0 Å². The van der Waals surface area contributed by atoms with Gasteiger partial charge in [0, 0.05) is 0 Å². The van der Waals surface area contributed by atoms with Gasteiger partial charge in [0.15, 0.2) is 0 Å². The van der Waals surface area contributed by atoms with Crippen molar-refractivity contribution in [2.45, 2.75) is 111 Å². The minimum atomic E-state index is -4.25. The van der Waals surface area contributed by atoms with E-state index < -0.39 is 21.5 Å². The van der Waals surface area contributed by atoms with Crippen LogP contribution < -0.4 is 0 Å². The van der Waals surface area contributed by atoms with Gasteiger partial charge in [0.1, 0.15) is 0 Å². The topological polar surface area (TPSA) is 0 Å². The molecule has 0 saturated heterocycles. The van der Waals surface area contributed by atoms with Gasteiger partial charge in [0.05, 0.1) is 0 Å². The third kappa shape index (κ3) is 3.73. The van der Waals surface area contributed by atoms with E-state index in [1.807, 2.05) is 0 Å². The van der Waals surface area contributed by atoms with Crippen LogP contribution in [0.25, 0.3) is 0 Å². The zero-order valence-electron chi connectivity index (χ0n) is 19.6. The van der Waals surface area contributed by atoms with Crippen molar-refractivity contribution in [1.29, 1.82) is 0 Å². The Hall–Kier alpha value is 0.640. The molecule has 0 radical (unpaired) electrons. The van der Waals surface area contributed by atoms with Gasteiger partial charge in [-0.2, -0.15) is 0 Å². The zero-order chi connectivity index (χ0) is 21.5. The van der Waals surface area contributed by atoms with Crippen LogP contribution in [0.5, 0.6) is 0 Å². The molecule has 0 saturated carbocycles. The molecular formula is C26H41Cl2SiZr. The van der Waals surface area contributed by atoms with E-state index in [1.165, 1.54) is 77.0 Å². The van der Waals surface area contributed by atoms with Crippen molar-refractivity contribution < 1.29 is 15.6 Å². The van der Waals surface area contributed by atoms with Gasteiger partial charge >= 0.3 is 195 Å². The Morgan fingerprint density at radius 3 is 1.53 bits per heavy atom. The molecule has 4 heteroatoms. The molecule has 0 aromatic heterocycles. The Kier molecular flexibility index (Phi) is 7.23. The first-order valence-corrected chi connectivity index (χ1v) is 29.1. The van der Waals surface area contributed by atoms with Gasteiger partial charge in [0.25, 0.3) is 0 Å². The molecule has 167 valence electrons. The van der Waals surface area contributed by atoms with E-state index in [0.29, 0.717) is 7.25 Å². The van der Waals surface area contributed by atoms with E-state index in [1.54, 1.807) is 33.4 Å². The van der Waals surface area contributed by atoms with Gasteiger partial charge in [-0.15, -0.1) is 0 Å². The number of allylic oxidation sites excluding steroid dienone is 8. The van der Waals surface area contributed by atoms with Crippen LogP contribution in [0.1, 0.15) is 90.9 Å². The van der Waals surface area contributed by atoms with Crippen LogP contribution in [0.2, 0.25) is 20.3 Å². The third-order valence-electron chi connectivity index (χ3n) is 8.55. The van der Waals surface area contributed by atoms with Gasteiger partial charge in [-0.25, -0.2) is 0 Å². The fourth-order valence-corrected chi connectivity index (χ4v) is 40.0. The maximum atomic E-state index is 8.33. The van der Waals surface area contributed by atoms with E-state index in [4.69, 9.17) is 17.0 Å². The zero-order valence-corrected chi connectivity index (χ0v) is 24.8. The summed E-state index contributed by atoms with van der Waals surface area (Å²) >= 11 is -4.25. The summed E-state index contributed by atoms with van der Waals surface area (Å²) in [5.74, 6) is -1.29. The summed E-state index contributed by atoms with van der Waals surface area (Å²) in [6.45, 7) is 9.68. The van der Waals surface area contributed by atoms with Crippen molar-refractivity contribution in [3.8, 4) is 0 Å². The van der Waals surface area contributed by atoms with Crippen LogP contribution in [0.3, 0.4) is 0 Å². The quantitative estimate of drug-likeness (QED) is 0.280. The first-order valence-electron chi connectivity index (χ1n) is 12.7. The summed E-state index contributed by atoms with van der Waals surface area (Å²) in [6.07, 6.45) is 20.3. The van der Waals surface area contributed by atoms with Gasteiger partial charge in [-0.1, -0.05) is 0 Å². The van der Waals surface area contributed by atoms with Gasteiger partial charge in [-0.3, -0.25) is 0 Å². The third-order valence-corrected chi connectivity index (χ3v) is 60.6. The van der Waals surface area contributed by atoms with E-state index in [0.717, 1.165) is 0 Å². The Balaban J connectivity index is 1.90. The Labute approximate surface area is 194 Å². The minimum absolute atomic E-state index is 0.440. The number of halogens is 2. The fraction of sp³-hybridized carbons (Fsp3) is 0.692. The summed E-state index contributed by atoms with van der Waals surface area (Å²) < 4.78 is 0.881. The first-order chi connectivity index (χ1) is 14.3. The van der Waals surface area contributed by atoms with E-state index in [-0.39, 0.29) is 0 Å². The molecule has 0 fully saturated rings. The molecule has 4 aliphatic carbocycles. The average molecular weight is 544 g/mol. The average Bonchev–Trinajstić information content (AvgIpc) is 3.27. The second-order valence-electron chi connectivity index (χ2n) is 10.7. The van der Waals surface area contributed by atoms with E-state index in [2.05, 4.69) is 39.1 Å². The number of rotatable bonds is 7. The van der Waals surface area contributed by atoms with Gasteiger partial charge in [-0.05, 0) is 0 Å². The van der Waals surface area contributed by atoms with Crippen molar-refractivity contribution in [2.24, 2.45) is 0 Å². The molecule has 0 N–H and O–H groups in total. The molecule has 0 aromatic carbocycles. The van der Waals surface area contributed by atoms with Crippen LogP contribution >= 0.6 is 17.0 Å². The molecule has 2 atom stereocenters. The Bertz CT molecular complexity index is 768. The molecule has 2 unspecified atom stereocenters. The fourth-order valence-electron chi connectivity index (χ4n) is 7.17. The molecule has 0 heterocycles. The molecule has 0 aromatic rings. The molecule has 4 rings (SSSR count). The van der Waals surface area contributed by atoms with Crippen LogP contribution in [0, 0.1) is 0 Å². The van der Waals surface area contributed by atoms with Crippen molar-refractivity contribution >= 4 is 22.9 Å². The van der Waals surface area contributed by atoms with Gasteiger partial charge in [0.2, 0.25) is 0 Å². The maximum absolute atomic E-state index is 8.33. The monoisotopic (exact) mass is 541 g/mol. The summed E-state index contributed by atoms with van der Waals surface area (Å²) in [7, 11) is 16.7.